The van der Waals surface area contributed by atoms with E-state index in [1.54, 1.807) is 0 Å². The Morgan fingerprint density at radius 2 is 1.06 bits per heavy atom. The van der Waals surface area contributed by atoms with Gasteiger partial charge >= 0.3 is 0 Å². The van der Waals surface area contributed by atoms with E-state index in [1.807, 2.05) is 0 Å². The molecule has 1 nitrogen and oxygen atoms in total. The Bertz CT molecular complexity index is 511. The van der Waals surface area contributed by atoms with Crippen LogP contribution in [0.15, 0.2) is 29.3 Å². The number of hydrogen-bond acceptors (Lipinski definition) is 1. The Kier molecular flexibility index (Phi) is 18.7. The van der Waals surface area contributed by atoms with Gasteiger partial charge in [0.1, 0.15) is 0 Å². The van der Waals surface area contributed by atoms with Crippen LogP contribution in [-0.2, 0) is 0 Å². The fraction of sp³-hybridized carbons (Fsp3) is 0.828. The Hall–Kier alpha value is -0.416. The van der Waals surface area contributed by atoms with Gasteiger partial charge in [0.05, 0.1) is 16.1 Å². The molecule has 0 aromatic carbocycles. The van der Waals surface area contributed by atoms with Crippen molar-refractivity contribution in [2.24, 2.45) is 4.99 Å². The second-order valence-corrected chi connectivity index (χ2v) is 20.8. The highest BCUT2D eigenvalue weighted by molar-refractivity contribution is 6.80. The molecule has 0 saturated carbocycles. The molecular formula is C29H59NSi2. The molecule has 0 aromatic heterocycles. The van der Waals surface area contributed by atoms with Crippen molar-refractivity contribution in [1.82, 2.24) is 0 Å². The average molecular weight is 478 g/mol. The van der Waals surface area contributed by atoms with Gasteiger partial charge in [-0.3, -0.25) is 4.99 Å². The zero-order chi connectivity index (χ0) is 24.3. The van der Waals surface area contributed by atoms with Gasteiger partial charge in [0.25, 0.3) is 0 Å². The lowest BCUT2D eigenvalue weighted by molar-refractivity contribution is 0.667. The van der Waals surface area contributed by atoms with Crippen molar-refractivity contribution in [3.63, 3.8) is 0 Å². The Balaban J connectivity index is 4.30. The zero-order valence-electron chi connectivity index (χ0n) is 23.2. The summed E-state index contributed by atoms with van der Waals surface area (Å²) in [5, 5.41) is 0. The summed E-state index contributed by atoms with van der Waals surface area (Å²) in [4.78, 5) is 4.79. The van der Waals surface area contributed by atoms with E-state index in [2.05, 4.69) is 60.9 Å². The molecular weight excluding hydrogens is 418 g/mol. The summed E-state index contributed by atoms with van der Waals surface area (Å²) in [5.41, 5.74) is 2.84. The van der Waals surface area contributed by atoms with E-state index in [-0.39, 0.29) is 0 Å². The lowest BCUT2D eigenvalue weighted by Gasteiger charge is -2.32. The molecule has 0 heterocycles. The first-order valence-electron chi connectivity index (χ1n) is 14.1. The van der Waals surface area contributed by atoms with Crippen LogP contribution in [0.2, 0.25) is 48.4 Å². The lowest BCUT2D eigenvalue weighted by atomic mass is 10.2. The van der Waals surface area contributed by atoms with E-state index >= 15 is 0 Å². The van der Waals surface area contributed by atoms with Crippen molar-refractivity contribution in [3.8, 4) is 0 Å². The highest BCUT2D eigenvalue weighted by atomic mass is 28.3. The minimum Gasteiger partial charge on any atom is -0.298 e. The van der Waals surface area contributed by atoms with Crippen molar-refractivity contribution in [1.29, 1.82) is 0 Å². The Morgan fingerprint density at radius 3 is 1.50 bits per heavy atom. The molecule has 0 atom stereocenters. The van der Waals surface area contributed by atoms with Crippen molar-refractivity contribution in [2.75, 3.05) is 6.54 Å². The second kappa shape index (κ2) is 18.9. The topological polar surface area (TPSA) is 12.4 Å². The molecule has 0 unspecified atom stereocenters. The lowest BCUT2D eigenvalue weighted by Crippen LogP contribution is -2.33. The van der Waals surface area contributed by atoms with Gasteiger partial charge in [0, 0.05) is 6.54 Å². The van der Waals surface area contributed by atoms with Gasteiger partial charge in [-0.1, -0.05) is 120 Å². The number of nitrogens with zero attached hydrogens (tertiary/aromatic N) is 1. The molecule has 0 N–H and O–H groups in total. The maximum atomic E-state index is 4.79. The van der Waals surface area contributed by atoms with Gasteiger partial charge in [-0.15, -0.1) is 13.2 Å². The predicted molar refractivity (Wildman–Crippen MR) is 157 cm³/mol. The fourth-order valence-electron chi connectivity index (χ4n) is 6.29. The first kappa shape index (κ1) is 31.6. The monoisotopic (exact) mass is 477 g/mol. The third kappa shape index (κ3) is 14.7. The van der Waals surface area contributed by atoms with Crippen molar-refractivity contribution < 1.29 is 0 Å². The van der Waals surface area contributed by atoms with E-state index in [1.165, 1.54) is 117 Å². The minimum atomic E-state index is -1.18. The smallest absolute Gasteiger partial charge is 0.0579 e. The highest BCUT2D eigenvalue weighted by Gasteiger charge is 2.30. The summed E-state index contributed by atoms with van der Waals surface area (Å²) >= 11 is 0. The maximum Gasteiger partial charge on any atom is 0.0579 e. The third-order valence-electron chi connectivity index (χ3n) is 7.15. The average Bonchev–Trinajstić information content (AvgIpc) is 2.69. The number of hydrogen-bond donors (Lipinski definition) is 0. The fourth-order valence-corrected chi connectivity index (χ4v) is 17.4. The molecule has 0 aliphatic carbocycles. The Morgan fingerprint density at radius 1 is 0.625 bits per heavy atom. The molecule has 32 heavy (non-hydrogen) atoms. The molecule has 0 aliphatic rings. The van der Waals surface area contributed by atoms with Crippen molar-refractivity contribution in [2.45, 2.75) is 148 Å². The molecule has 0 bridgehead atoms. The molecule has 188 valence electrons. The normalized spacial score (nSPS) is 12.6. The SMILES string of the molecule is C=C(C)C[Si](CCC)(CCC)CCC=NCCCCCC[Si](CCC)(CCC)CC(=C)C. The third-order valence-corrected chi connectivity index (χ3v) is 18.9. The quantitative estimate of drug-likeness (QED) is 0.0636. The Labute approximate surface area is 205 Å². The summed E-state index contributed by atoms with van der Waals surface area (Å²) in [6, 6.07) is 11.6. The van der Waals surface area contributed by atoms with Crippen molar-refractivity contribution >= 4 is 22.4 Å². The van der Waals surface area contributed by atoms with E-state index in [4.69, 9.17) is 4.99 Å². The summed E-state index contributed by atoms with van der Waals surface area (Å²) in [5.74, 6) is 0. The van der Waals surface area contributed by atoms with Gasteiger partial charge in [-0.05, 0) is 45.0 Å². The van der Waals surface area contributed by atoms with Gasteiger partial charge in [-0.2, -0.15) is 0 Å². The molecule has 3 heteroatoms. The summed E-state index contributed by atoms with van der Waals surface area (Å²) < 4.78 is 0. The van der Waals surface area contributed by atoms with Crippen LogP contribution in [0.25, 0.3) is 0 Å². The van der Waals surface area contributed by atoms with Gasteiger partial charge < -0.3 is 0 Å². The highest BCUT2D eigenvalue weighted by Crippen LogP contribution is 2.34. The van der Waals surface area contributed by atoms with Crippen LogP contribution in [0.4, 0.5) is 0 Å². The van der Waals surface area contributed by atoms with E-state index < -0.39 is 16.1 Å². The van der Waals surface area contributed by atoms with E-state index in [0.29, 0.717) is 0 Å². The summed E-state index contributed by atoms with van der Waals surface area (Å²) in [6.45, 7) is 23.5. The van der Waals surface area contributed by atoms with Gasteiger partial charge in [0.2, 0.25) is 0 Å². The van der Waals surface area contributed by atoms with Gasteiger partial charge in [0.15, 0.2) is 0 Å². The van der Waals surface area contributed by atoms with E-state index in [0.717, 1.165) is 6.54 Å². The van der Waals surface area contributed by atoms with Crippen LogP contribution in [0.3, 0.4) is 0 Å². The largest absolute Gasteiger partial charge is 0.298 e. The molecule has 0 amide bonds. The van der Waals surface area contributed by atoms with Crippen molar-refractivity contribution in [3.05, 3.63) is 24.3 Å². The van der Waals surface area contributed by atoms with Crippen LogP contribution >= 0.6 is 0 Å². The first-order chi connectivity index (χ1) is 15.3. The summed E-state index contributed by atoms with van der Waals surface area (Å²) in [7, 11) is -2.30. The molecule has 0 aliphatic heterocycles. The number of unbranched alkanes of at least 4 members (excludes halogenated alkanes) is 3. The number of rotatable bonds is 22. The first-order valence-corrected chi connectivity index (χ1v) is 19.7. The maximum absolute atomic E-state index is 4.79. The number of aliphatic imine (C=N–C) groups is 1. The van der Waals surface area contributed by atoms with Gasteiger partial charge in [-0.25, -0.2) is 0 Å². The van der Waals surface area contributed by atoms with E-state index in [9.17, 15) is 0 Å². The predicted octanol–water partition coefficient (Wildman–Crippen LogP) is 10.7. The molecule has 0 fully saturated rings. The van der Waals surface area contributed by atoms with Crippen LogP contribution in [-0.4, -0.2) is 28.9 Å². The molecule has 0 aromatic rings. The molecule has 0 spiro atoms. The molecule has 0 radical (unpaired) electrons. The van der Waals surface area contributed by atoms with Crippen LogP contribution < -0.4 is 0 Å². The van der Waals surface area contributed by atoms with Crippen LogP contribution in [0.1, 0.15) is 99.3 Å². The standard InChI is InChI=1S/C29H59NSi2/c1-9-20-31(21-10-2,26-28(5)6)24-16-14-13-15-18-30-19-17-25-32(22-11-3,23-12-4)27-29(7)8/h19H,5,7,9-18,20-27H2,1-4,6,8H3. The van der Waals surface area contributed by atoms with Crippen LogP contribution in [0, 0.1) is 0 Å². The van der Waals surface area contributed by atoms with Crippen LogP contribution in [0.5, 0.6) is 0 Å². The molecule has 0 rings (SSSR count). The molecule has 0 saturated heterocycles. The number of allylic oxidation sites excluding steroid dienone is 2. The second-order valence-electron chi connectivity index (χ2n) is 11.1. The zero-order valence-corrected chi connectivity index (χ0v) is 25.2. The summed E-state index contributed by atoms with van der Waals surface area (Å²) in [6.07, 6.45) is 14.3. The minimum absolute atomic E-state index is 1.04.